The molecule has 3 aromatic heterocycles. The maximum atomic E-state index is 13.9. The molecule has 1 amide bonds. The second-order valence-corrected chi connectivity index (χ2v) is 9.58. The summed E-state index contributed by atoms with van der Waals surface area (Å²) in [7, 11) is 1.57. The van der Waals surface area contributed by atoms with Crippen molar-refractivity contribution in [3.8, 4) is 16.8 Å². The summed E-state index contributed by atoms with van der Waals surface area (Å²) in [6.45, 7) is 5.38. The number of aryl methyl sites for hydroxylation is 3. The molecule has 0 saturated heterocycles. The van der Waals surface area contributed by atoms with E-state index in [0.717, 1.165) is 10.1 Å². The monoisotopic (exact) mass is 521 g/mol. The van der Waals surface area contributed by atoms with Gasteiger partial charge in [-0.05, 0) is 38.3 Å². The van der Waals surface area contributed by atoms with Crippen molar-refractivity contribution >= 4 is 27.5 Å². The van der Waals surface area contributed by atoms with Crippen LogP contribution in [0.25, 0.3) is 15.2 Å². The first-order valence-corrected chi connectivity index (χ1v) is 12.6. The van der Waals surface area contributed by atoms with E-state index in [0.29, 0.717) is 40.5 Å². The number of thiophene rings is 1. The van der Waals surface area contributed by atoms with Gasteiger partial charge in [-0.2, -0.15) is 15.5 Å². The number of hydrogen-bond donors (Lipinski definition) is 1. The van der Waals surface area contributed by atoms with Gasteiger partial charge in [0.1, 0.15) is 21.7 Å². The summed E-state index contributed by atoms with van der Waals surface area (Å²) < 4.78 is 7.66. The number of benzene rings is 1. The van der Waals surface area contributed by atoms with E-state index in [1.165, 1.54) is 40.0 Å². The van der Waals surface area contributed by atoms with Gasteiger partial charge >= 0.3 is 5.69 Å². The minimum absolute atomic E-state index is 0.181. The molecular weight excluding hydrogens is 494 g/mol. The largest absolute Gasteiger partial charge is 0.496 e. The van der Waals surface area contributed by atoms with Gasteiger partial charge in [-0.25, -0.2) is 9.36 Å². The van der Waals surface area contributed by atoms with Gasteiger partial charge < -0.3 is 10.1 Å². The summed E-state index contributed by atoms with van der Waals surface area (Å²) in [5.74, 6) is -0.0433. The average Bonchev–Trinajstić information content (AvgIpc) is 3.55. The smallest absolute Gasteiger partial charge is 0.333 e. The number of nitrogens with one attached hydrogen (secondary N) is 1. The van der Waals surface area contributed by atoms with Crippen molar-refractivity contribution in [2.75, 3.05) is 13.7 Å². The zero-order valence-electron chi connectivity index (χ0n) is 21.0. The highest BCUT2D eigenvalue weighted by atomic mass is 32.1. The van der Waals surface area contributed by atoms with Crippen molar-refractivity contribution in [1.82, 2.24) is 29.4 Å². The quantitative estimate of drug-likeness (QED) is 0.356. The van der Waals surface area contributed by atoms with Gasteiger partial charge in [-0.15, -0.1) is 4.80 Å². The second kappa shape index (κ2) is 10.4. The number of ether oxygens (including phenoxy) is 1. The van der Waals surface area contributed by atoms with Crippen LogP contribution in [0.15, 0.2) is 46.2 Å². The molecule has 37 heavy (non-hydrogen) atoms. The molecule has 1 unspecified atom stereocenters. The molecule has 192 valence electrons. The summed E-state index contributed by atoms with van der Waals surface area (Å²) in [4.78, 5) is 42.6. The van der Waals surface area contributed by atoms with Crippen LogP contribution in [0.1, 0.15) is 31.4 Å². The number of fused-ring (bicyclic) bond motifs is 1. The van der Waals surface area contributed by atoms with Crippen LogP contribution in [0, 0.1) is 18.3 Å². The molecular formula is C25H27N7O4S. The lowest BCUT2D eigenvalue weighted by Crippen LogP contribution is -2.56. The fourth-order valence-corrected chi connectivity index (χ4v) is 5.43. The summed E-state index contributed by atoms with van der Waals surface area (Å²) in [6, 6.07) is 9.37. The third-order valence-electron chi connectivity index (χ3n) is 6.23. The lowest BCUT2D eigenvalue weighted by atomic mass is 10.0. The summed E-state index contributed by atoms with van der Waals surface area (Å²) in [5.41, 5.74) is -2.09. The fraction of sp³-hybridized carbons (Fsp3) is 0.360. The minimum Gasteiger partial charge on any atom is -0.496 e. The maximum Gasteiger partial charge on any atom is 0.333 e. The van der Waals surface area contributed by atoms with E-state index < -0.39 is 22.7 Å². The van der Waals surface area contributed by atoms with E-state index in [2.05, 4.69) is 15.5 Å². The molecule has 0 fully saturated rings. The Hall–Kier alpha value is -4.24. The number of hydrogen-bond acceptors (Lipinski definition) is 8. The molecule has 11 nitrogen and oxygen atoms in total. The van der Waals surface area contributed by atoms with Crippen molar-refractivity contribution in [3.63, 3.8) is 0 Å². The summed E-state index contributed by atoms with van der Waals surface area (Å²) in [5, 5.41) is 21.9. The molecule has 0 saturated carbocycles. The molecule has 3 heterocycles. The van der Waals surface area contributed by atoms with Gasteiger partial charge in [0.05, 0.1) is 24.9 Å². The molecule has 12 heteroatoms. The normalized spacial score (nSPS) is 12.7. The zero-order valence-corrected chi connectivity index (χ0v) is 21.8. The number of methoxy groups -OCH3 is 1. The van der Waals surface area contributed by atoms with Gasteiger partial charge in [0, 0.05) is 18.7 Å². The summed E-state index contributed by atoms with van der Waals surface area (Å²) >= 11 is 1.20. The number of nitriles is 1. The van der Waals surface area contributed by atoms with Crippen molar-refractivity contribution in [2.24, 2.45) is 0 Å². The first-order chi connectivity index (χ1) is 17.8. The summed E-state index contributed by atoms with van der Waals surface area (Å²) in [6.07, 6.45) is 4.08. The van der Waals surface area contributed by atoms with Crippen LogP contribution in [0.2, 0.25) is 0 Å². The van der Waals surface area contributed by atoms with Gasteiger partial charge in [-0.3, -0.25) is 14.2 Å². The van der Waals surface area contributed by atoms with Gasteiger partial charge in [0.25, 0.3) is 11.5 Å². The molecule has 0 aliphatic carbocycles. The number of amides is 1. The maximum absolute atomic E-state index is 13.9. The molecule has 4 aromatic rings. The molecule has 1 aromatic carbocycles. The number of aromatic nitrogens is 5. The van der Waals surface area contributed by atoms with Gasteiger partial charge in [0.15, 0.2) is 0 Å². The first-order valence-electron chi connectivity index (χ1n) is 11.8. The van der Waals surface area contributed by atoms with Crippen LogP contribution >= 0.6 is 11.3 Å². The van der Waals surface area contributed by atoms with E-state index in [-0.39, 0.29) is 11.9 Å². The SMILES string of the molecule is CCCNC(=O)C(C)(C#N)n1c(=O)c2c(C)c(-n3nccn3)sc2n(CCc2ccccc2OC)c1=O. The molecule has 4 rings (SSSR count). The molecule has 0 spiro atoms. The van der Waals surface area contributed by atoms with Crippen molar-refractivity contribution < 1.29 is 9.53 Å². The highest BCUT2D eigenvalue weighted by molar-refractivity contribution is 7.21. The third kappa shape index (κ3) is 4.42. The third-order valence-corrected chi connectivity index (χ3v) is 7.51. The Balaban J connectivity index is 1.99. The predicted molar refractivity (Wildman–Crippen MR) is 139 cm³/mol. The number of carbonyl (C=O) groups excluding carboxylic acids is 1. The minimum atomic E-state index is -2.05. The van der Waals surface area contributed by atoms with Gasteiger partial charge in [0.2, 0.25) is 5.54 Å². The van der Waals surface area contributed by atoms with Crippen LogP contribution < -0.4 is 21.3 Å². The Labute approximate surface area is 216 Å². The Morgan fingerprint density at radius 3 is 2.59 bits per heavy atom. The highest BCUT2D eigenvalue weighted by Crippen LogP contribution is 2.31. The van der Waals surface area contributed by atoms with E-state index in [1.807, 2.05) is 37.3 Å². The van der Waals surface area contributed by atoms with Crippen LogP contribution in [-0.2, 0) is 23.3 Å². The predicted octanol–water partition coefficient (Wildman–Crippen LogP) is 2.13. The zero-order chi connectivity index (χ0) is 26.7. The van der Waals surface area contributed by atoms with Crippen LogP contribution in [0.3, 0.4) is 0 Å². The fourth-order valence-electron chi connectivity index (χ4n) is 4.19. The Morgan fingerprint density at radius 1 is 1.24 bits per heavy atom. The van der Waals surface area contributed by atoms with Gasteiger partial charge in [-0.1, -0.05) is 36.5 Å². The Morgan fingerprint density at radius 2 is 1.95 bits per heavy atom. The molecule has 1 atom stereocenters. The van der Waals surface area contributed by atoms with E-state index in [1.54, 1.807) is 14.0 Å². The Bertz CT molecular complexity index is 1610. The number of para-hydroxylation sites is 1. The standard InChI is InChI=1S/C25H27N7O4S/c1-5-11-27-23(34)25(3,15-26)31-20(33)19-16(2)21(32-28-12-13-29-32)37-22(19)30(24(31)35)14-10-17-8-6-7-9-18(17)36-4/h6-9,12-13H,5,10-11,14H2,1-4H3,(H,27,34). The molecule has 1 N–H and O–H groups in total. The lowest BCUT2D eigenvalue weighted by molar-refractivity contribution is -0.126. The lowest BCUT2D eigenvalue weighted by Gasteiger charge is -2.24. The van der Waals surface area contributed by atoms with Crippen LogP contribution in [0.5, 0.6) is 5.75 Å². The first kappa shape index (κ1) is 25.8. The highest BCUT2D eigenvalue weighted by Gasteiger charge is 2.40. The van der Waals surface area contributed by atoms with E-state index in [4.69, 9.17) is 4.74 Å². The molecule has 0 aliphatic rings. The van der Waals surface area contributed by atoms with Crippen molar-refractivity contribution in [3.05, 3.63) is 68.6 Å². The van der Waals surface area contributed by atoms with Crippen molar-refractivity contribution in [2.45, 2.75) is 45.7 Å². The molecule has 0 bridgehead atoms. The van der Waals surface area contributed by atoms with Crippen LogP contribution in [0.4, 0.5) is 0 Å². The number of carbonyl (C=O) groups is 1. The van der Waals surface area contributed by atoms with Crippen molar-refractivity contribution in [1.29, 1.82) is 5.26 Å². The number of nitrogens with zero attached hydrogens (tertiary/aromatic N) is 6. The average molecular weight is 522 g/mol. The molecule has 0 aliphatic heterocycles. The molecule has 0 radical (unpaired) electrons. The van der Waals surface area contributed by atoms with E-state index >= 15 is 0 Å². The Kier molecular flexibility index (Phi) is 7.26. The second-order valence-electron chi connectivity index (χ2n) is 8.61. The van der Waals surface area contributed by atoms with Crippen LogP contribution in [-0.4, -0.2) is 43.7 Å². The number of rotatable bonds is 9. The van der Waals surface area contributed by atoms with E-state index in [9.17, 15) is 19.6 Å². The topological polar surface area (TPSA) is 137 Å².